The Morgan fingerprint density at radius 3 is 1.25 bits per heavy atom. The van der Waals surface area contributed by atoms with Gasteiger partial charge in [0.2, 0.25) is 0 Å². The lowest BCUT2D eigenvalue weighted by atomic mass is 10.6. The second-order valence-corrected chi connectivity index (χ2v) is 16.8. The summed E-state index contributed by atoms with van der Waals surface area (Å²) >= 11 is 0. The summed E-state index contributed by atoms with van der Waals surface area (Å²) in [6.45, 7) is 16.8. The monoisotopic (exact) mass is 282 g/mol. The Labute approximate surface area is 103 Å². The van der Waals surface area contributed by atoms with Gasteiger partial charge in [-0.25, -0.2) is 0 Å². The van der Waals surface area contributed by atoms with Crippen LogP contribution in [-0.4, -0.2) is 16.6 Å². The number of hydrogen-bond donors (Lipinski definition) is 0. The summed E-state index contributed by atoms with van der Waals surface area (Å²) in [5.41, 5.74) is 0.905. The summed E-state index contributed by atoms with van der Waals surface area (Å²) in [7, 11) is -6.02. The highest BCUT2D eigenvalue weighted by Gasteiger charge is 2.34. The molecule has 0 rings (SSSR count). The maximum atomic E-state index is 11.9. The van der Waals surface area contributed by atoms with E-state index in [1.165, 1.54) is 0 Å². The molecule has 0 unspecified atom stereocenters. The second kappa shape index (κ2) is 5.96. The highest BCUT2D eigenvalue weighted by Crippen LogP contribution is 2.39. The summed E-state index contributed by atoms with van der Waals surface area (Å²) in [5.74, 6) is 0. The fraction of sp³-hybridized carbons (Fsp3) is 1.00. The average molecular weight is 282 g/mol. The largest absolute Gasteiger partial charge is 0.353 e. The molecule has 0 bridgehead atoms. The topological polar surface area (TPSA) is 35.5 Å². The normalized spacial score (nSPS) is 14.2. The lowest BCUT2D eigenvalue weighted by molar-refractivity contribution is 0.401. The highest BCUT2D eigenvalue weighted by atomic mass is 31.1. The Morgan fingerprint density at radius 1 is 0.812 bits per heavy atom. The molecule has 0 spiro atoms. The molecule has 0 aromatic heterocycles. The molecule has 0 aromatic carbocycles. The van der Waals surface area contributed by atoms with Crippen molar-refractivity contribution >= 4 is 24.9 Å². The van der Waals surface area contributed by atoms with Crippen molar-refractivity contribution in [3.63, 3.8) is 0 Å². The van der Waals surface area contributed by atoms with Crippen LogP contribution in [0.5, 0.6) is 0 Å². The van der Waals surface area contributed by atoms with E-state index in [9.17, 15) is 4.57 Å². The zero-order chi connectivity index (χ0) is 13.1. The zero-order valence-electron chi connectivity index (χ0n) is 11.9. The van der Waals surface area contributed by atoms with Crippen LogP contribution >= 0.6 is 8.25 Å². The Balaban J connectivity index is 4.41. The zero-order valence-corrected chi connectivity index (χ0v) is 14.9. The standard InChI is InChI=1S/C10H27O3PSi2/c1-9(2)15(5,6)12-14(11)13-16(7,8)10(3)4/h9-10,14H,1-8H3. The van der Waals surface area contributed by atoms with E-state index in [1.807, 2.05) is 0 Å². The molecule has 0 amide bonds. The van der Waals surface area contributed by atoms with Gasteiger partial charge in [0, 0.05) is 0 Å². The summed E-state index contributed by atoms with van der Waals surface area (Å²) in [6, 6.07) is 0. The Kier molecular flexibility index (Phi) is 6.18. The summed E-state index contributed by atoms with van der Waals surface area (Å²) in [4.78, 5) is 0. The molecule has 0 aliphatic heterocycles. The van der Waals surface area contributed by atoms with E-state index in [0.717, 1.165) is 0 Å². The number of hydrogen-bond acceptors (Lipinski definition) is 3. The van der Waals surface area contributed by atoms with Crippen LogP contribution in [0.25, 0.3) is 0 Å². The minimum atomic E-state index is -2.32. The molecule has 0 aliphatic rings. The third kappa shape index (κ3) is 5.28. The van der Waals surface area contributed by atoms with Crippen molar-refractivity contribution in [2.45, 2.75) is 65.0 Å². The average Bonchev–Trinajstić information content (AvgIpc) is 2.00. The van der Waals surface area contributed by atoms with Gasteiger partial charge < -0.3 is 8.43 Å². The molecule has 0 saturated heterocycles. The lowest BCUT2D eigenvalue weighted by Crippen LogP contribution is -2.35. The molecule has 0 radical (unpaired) electrons. The van der Waals surface area contributed by atoms with Crippen LogP contribution in [0.3, 0.4) is 0 Å². The van der Waals surface area contributed by atoms with Gasteiger partial charge in [-0.3, -0.25) is 4.57 Å². The minimum absolute atomic E-state index is 0.453. The van der Waals surface area contributed by atoms with Crippen LogP contribution in [0.4, 0.5) is 0 Å². The van der Waals surface area contributed by atoms with Crippen molar-refractivity contribution in [2.75, 3.05) is 0 Å². The molecule has 0 N–H and O–H groups in total. The van der Waals surface area contributed by atoms with E-state index in [2.05, 4.69) is 53.9 Å². The van der Waals surface area contributed by atoms with Crippen LogP contribution < -0.4 is 0 Å². The maximum absolute atomic E-state index is 11.9. The molecule has 0 aromatic rings. The molecular weight excluding hydrogens is 255 g/mol. The van der Waals surface area contributed by atoms with Gasteiger partial charge in [0.15, 0.2) is 16.6 Å². The van der Waals surface area contributed by atoms with Crippen LogP contribution in [0, 0.1) is 0 Å². The van der Waals surface area contributed by atoms with Gasteiger partial charge in [0.05, 0.1) is 0 Å². The second-order valence-electron chi connectivity index (χ2n) is 5.97. The molecular formula is C10H27O3PSi2. The van der Waals surface area contributed by atoms with Crippen molar-refractivity contribution in [1.29, 1.82) is 0 Å². The van der Waals surface area contributed by atoms with Crippen molar-refractivity contribution < 1.29 is 13.0 Å². The van der Waals surface area contributed by atoms with Gasteiger partial charge >= 0.3 is 0 Å². The fourth-order valence-electron chi connectivity index (χ4n) is 0.686. The summed E-state index contributed by atoms with van der Waals surface area (Å²) < 4.78 is 23.3. The minimum Gasteiger partial charge on any atom is -0.353 e. The molecule has 0 saturated carbocycles. The van der Waals surface area contributed by atoms with Crippen molar-refractivity contribution in [3.05, 3.63) is 0 Å². The Bertz CT molecular complexity index is 228. The first-order valence-corrected chi connectivity index (χ1v) is 13.1. The van der Waals surface area contributed by atoms with Crippen molar-refractivity contribution in [1.82, 2.24) is 0 Å². The third-order valence-electron chi connectivity index (χ3n) is 3.47. The van der Waals surface area contributed by atoms with Crippen molar-refractivity contribution in [2.24, 2.45) is 0 Å². The van der Waals surface area contributed by atoms with Crippen molar-refractivity contribution in [3.8, 4) is 0 Å². The van der Waals surface area contributed by atoms with E-state index < -0.39 is 24.9 Å². The van der Waals surface area contributed by atoms with E-state index in [1.54, 1.807) is 0 Å². The Hall–Kier alpha value is 0.584. The lowest BCUT2D eigenvalue weighted by Gasteiger charge is -2.31. The van der Waals surface area contributed by atoms with Gasteiger partial charge in [0.1, 0.15) is 0 Å². The van der Waals surface area contributed by atoms with Gasteiger partial charge in [-0.2, -0.15) is 0 Å². The quantitative estimate of drug-likeness (QED) is 0.526. The molecule has 6 heteroatoms. The SMILES string of the molecule is CC(C)[Si](C)(C)O[PH](=O)O[Si](C)(C)C(C)C. The van der Waals surface area contributed by atoms with Gasteiger partial charge in [-0.15, -0.1) is 0 Å². The van der Waals surface area contributed by atoms with Crippen LogP contribution in [0.15, 0.2) is 0 Å². The fourth-order valence-corrected chi connectivity index (χ4v) is 6.55. The highest BCUT2D eigenvalue weighted by molar-refractivity contribution is 7.38. The summed E-state index contributed by atoms with van der Waals surface area (Å²) in [5, 5.41) is 0. The smallest absolute Gasteiger partial charge is 0.299 e. The van der Waals surface area contributed by atoms with Gasteiger partial charge in [-0.1, -0.05) is 27.7 Å². The third-order valence-corrected chi connectivity index (χ3v) is 14.6. The van der Waals surface area contributed by atoms with Crippen LogP contribution in [-0.2, 0) is 13.0 Å². The number of rotatable bonds is 6. The molecule has 0 aliphatic carbocycles. The van der Waals surface area contributed by atoms with E-state index in [0.29, 0.717) is 11.1 Å². The van der Waals surface area contributed by atoms with E-state index in [-0.39, 0.29) is 0 Å². The molecule has 0 atom stereocenters. The van der Waals surface area contributed by atoms with Crippen LogP contribution in [0.2, 0.25) is 37.3 Å². The van der Waals surface area contributed by atoms with Crippen LogP contribution in [0.1, 0.15) is 27.7 Å². The van der Waals surface area contributed by atoms with E-state index in [4.69, 9.17) is 8.43 Å². The first kappa shape index (κ1) is 16.6. The molecule has 16 heavy (non-hydrogen) atoms. The predicted octanol–water partition coefficient (Wildman–Crippen LogP) is 4.64. The maximum Gasteiger partial charge on any atom is 0.299 e. The molecule has 0 fully saturated rings. The van der Waals surface area contributed by atoms with Gasteiger partial charge in [-0.05, 0) is 37.3 Å². The Morgan fingerprint density at radius 2 is 1.06 bits per heavy atom. The first-order valence-electron chi connectivity index (χ1n) is 5.91. The summed E-state index contributed by atoms with van der Waals surface area (Å²) in [6.07, 6.45) is 0. The van der Waals surface area contributed by atoms with Gasteiger partial charge in [0.25, 0.3) is 8.25 Å². The molecule has 3 nitrogen and oxygen atoms in total. The molecule has 0 heterocycles. The predicted molar refractivity (Wildman–Crippen MR) is 76.3 cm³/mol. The molecule has 98 valence electrons. The van der Waals surface area contributed by atoms with E-state index >= 15 is 0 Å². The first-order chi connectivity index (χ1) is 6.99.